The number of aliphatic hydroxyl groups is 1. The normalized spacial score (nSPS) is 13.7. The third kappa shape index (κ3) is 4.06. The van der Waals surface area contributed by atoms with E-state index >= 15 is 0 Å². The molecular weight excluding hydrogens is 238 g/mol. The number of phenolic OH excluding ortho intramolecular Hbond substituents is 1. The van der Waals surface area contributed by atoms with Crippen molar-refractivity contribution in [1.29, 1.82) is 0 Å². The van der Waals surface area contributed by atoms with Crippen molar-refractivity contribution in [2.75, 3.05) is 0 Å². The molecule has 0 aliphatic heterocycles. The Bertz CT molecular complexity index is 427. The van der Waals surface area contributed by atoms with Crippen molar-refractivity contribution in [2.45, 2.75) is 25.5 Å². The van der Waals surface area contributed by atoms with Gasteiger partial charge in [0, 0.05) is 6.42 Å². The van der Waals surface area contributed by atoms with Gasteiger partial charge in [-0.2, -0.15) is 0 Å². The molecule has 0 saturated carbocycles. The van der Waals surface area contributed by atoms with E-state index in [1.165, 1.54) is 19.1 Å². The summed E-state index contributed by atoms with van der Waals surface area (Å²) < 4.78 is 0. The van der Waals surface area contributed by atoms with Crippen LogP contribution >= 0.6 is 0 Å². The molecule has 0 heterocycles. The van der Waals surface area contributed by atoms with E-state index in [4.69, 9.17) is 15.3 Å². The molecule has 0 aliphatic carbocycles. The zero-order valence-corrected chi connectivity index (χ0v) is 9.83. The molecule has 0 fully saturated rings. The number of carboxylic acid groups (broad SMARTS) is 1. The highest BCUT2D eigenvalue weighted by Crippen LogP contribution is 2.11. The van der Waals surface area contributed by atoms with Crippen molar-refractivity contribution in [3.63, 3.8) is 0 Å². The minimum absolute atomic E-state index is 0.0775. The third-order valence-corrected chi connectivity index (χ3v) is 2.37. The van der Waals surface area contributed by atoms with Crippen molar-refractivity contribution >= 4 is 11.9 Å². The van der Waals surface area contributed by atoms with Crippen molar-refractivity contribution < 1.29 is 24.9 Å². The van der Waals surface area contributed by atoms with Crippen LogP contribution in [0.4, 0.5) is 0 Å². The average molecular weight is 253 g/mol. The lowest BCUT2D eigenvalue weighted by Gasteiger charge is -2.15. The van der Waals surface area contributed by atoms with Gasteiger partial charge in [-0.1, -0.05) is 12.1 Å². The summed E-state index contributed by atoms with van der Waals surface area (Å²) in [5.41, 5.74) is 0.658. The lowest BCUT2D eigenvalue weighted by atomic mass is 10.1. The summed E-state index contributed by atoms with van der Waals surface area (Å²) >= 11 is 0. The second-order valence-electron chi connectivity index (χ2n) is 3.95. The number of hydrogen-bond donors (Lipinski definition) is 4. The molecule has 0 radical (unpaired) electrons. The summed E-state index contributed by atoms with van der Waals surface area (Å²) in [6.45, 7) is 1.26. The maximum Gasteiger partial charge on any atom is 0.326 e. The van der Waals surface area contributed by atoms with Gasteiger partial charge in [0.1, 0.15) is 17.9 Å². The molecule has 1 aromatic rings. The first-order valence-electron chi connectivity index (χ1n) is 5.39. The molecule has 0 aliphatic rings. The number of aromatic hydroxyl groups is 1. The van der Waals surface area contributed by atoms with Gasteiger partial charge >= 0.3 is 5.97 Å². The first kappa shape index (κ1) is 14.0. The molecule has 1 rings (SSSR count). The molecule has 0 unspecified atom stereocenters. The lowest BCUT2D eigenvalue weighted by molar-refractivity contribution is -0.143. The van der Waals surface area contributed by atoms with E-state index in [1.807, 2.05) is 0 Å². The molecule has 98 valence electrons. The Morgan fingerprint density at radius 3 is 2.28 bits per heavy atom. The van der Waals surface area contributed by atoms with E-state index in [0.29, 0.717) is 5.56 Å². The molecule has 0 saturated heterocycles. The fourth-order valence-electron chi connectivity index (χ4n) is 1.36. The van der Waals surface area contributed by atoms with Gasteiger partial charge in [0.05, 0.1) is 0 Å². The average Bonchev–Trinajstić information content (AvgIpc) is 2.30. The largest absolute Gasteiger partial charge is 0.508 e. The predicted molar refractivity (Wildman–Crippen MR) is 63.1 cm³/mol. The van der Waals surface area contributed by atoms with E-state index in [2.05, 4.69) is 5.32 Å². The minimum atomic E-state index is -1.26. The molecule has 2 atom stereocenters. The standard InChI is InChI=1S/C12H15NO5/c1-7(14)11(16)13-10(12(17)18)6-8-2-4-9(15)5-3-8/h2-5,7,10,14-15H,6H2,1H3,(H,13,16)(H,17,18)/t7-,10-/m0/s1. The van der Waals surface area contributed by atoms with E-state index in [-0.39, 0.29) is 12.2 Å². The fraction of sp³-hybridized carbons (Fsp3) is 0.333. The lowest BCUT2D eigenvalue weighted by Crippen LogP contribution is -2.45. The molecular formula is C12H15NO5. The number of phenols is 1. The predicted octanol–water partition coefficient (Wildman–Crippen LogP) is -0.115. The number of aliphatic hydroxyl groups excluding tert-OH is 1. The number of amides is 1. The summed E-state index contributed by atoms with van der Waals surface area (Å²) in [4.78, 5) is 22.2. The SMILES string of the molecule is C[C@H](O)C(=O)N[C@@H](Cc1ccc(O)cc1)C(=O)O. The quantitative estimate of drug-likeness (QED) is 0.585. The molecule has 6 heteroatoms. The Morgan fingerprint density at radius 2 is 1.83 bits per heavy atom. The summed E-state index contributed by atoms with van der Waals surface area (Å²) in [7, 11) is 0. The summed E-state index contributed by atoms with van der Waals surface area (Å²) in [5.74, 6) is -1.84. The highest BCUT2D eigenvalue weighted by atomic mass is 16.4. The summed E-state index contributed by atoms with van der Waals surface area (Å²) in [6, 6.07) is 4.89. The van der Waals surface area contributed by atoms with Crippen molar-refractivity contribution in [3.05, 3.63) is 29.8 Å². The van der Waals surface area contributed by atoms with Crippen LogP contribution in [0, 0.1) is 0 Å². The van der Waals surface area contributed by atoms with Gasteiger partial charge in [0.25, 0.3) is 0 Å². The zero-order chi connectivity index (χ0) is 13.7. The second kappa shape index (κ2) is 6.02. The number of carbonyl (C=O) groups is 2. The van der Waals surface area contributed by atoms with Gasteiger partial charge in [0.2, 0.25) is 5.91 Å². The number of hydrogen-bond acceptors (Lipinski definition) is 4. The van der Waals surface area contributed by atoms with E-state index in [0.717, 1.165) is 0 Å². The highest BCUT2D eigenvalue weighted by Gasteiger charge is 2.22. The van der Waals surface area contributed by atoms with Crippen LogP contribution in [0.3, 0.4) is 0 Å². The van der Waals surface area contributed by atoms with E-state index in [1.54, 1.807) is 12.1 Å². The molecule has 0 bridgehead atoms. The molecule has 4 N–H and O–H groups in total. The van der Waals surface area contributed by atoms with Crippen molar-refractivity contribution in [1.82, 2.24) is 5.32 Å². The van der Waals surface area contributed by atoms with Crippen LogP contribution in [0.25, 0.3) is 0 Å². The Hall–Kier alpha value is -2.08. The maximum atomic E-state index is 11.2. The van der Waals surface area contributed by atoms with Gasteiger partial charge in [-0.05, 0) is 24.6 Å². The fourth-order valence-corrected chi connectivity index (χ4v) is 1.36. The topological polar surface area (TPSA) is 107 Å². The smallest absolute Gasteiger partial charge is 0.326 e. The Labute approximate surface area is 104 Å². The number of rotatable bonds is 5. The molecule has 0 aromatic heterocycles. The minimum Gasteiger partial charge on any atom is -0.508 e. The van der Waals surface area contributed by atoms with Gasteiger partial charge < -0.3 is 20.6 Å². The summed E-state index contributed by atoms with van der Waals surface area (Å²) in [5, 5.41) is 29.3. The monoisotopic (exact) mass is 253 g/mol. The van der Waals surface area contributed by atoms with Gasteiger partial charge in [-0.3, -0.25) is 4.79 Å². The van der Waals surface area contributed by atoms with E-state index < -0.39 is 24.0 Å². The number of nitrogens with one attached hydrogen (secondary N) is 1. The van der Waals surface area contributed by atoms with E-state index in [9.17, 15) is 9.59 Å². The number of benzene rings is 1. The first-order valence-corrected chi connectivity index (χ1v) is 5.39. The van der Waals surface area contributed by atoms with Crippen LogP contribution in [0.2, 0.25) is 0 Å². The van der Waals surface area contributed by atoms with Gasteiger partial charge in [-0.25, -0.2) is 4.79 Å². The molecule has 1 amide bonds. The van der Waals surface area contributed by atoms with Gasteiger partial charge in [0.15, 0.2) is 0 Å². The number of aliphatic carboxylic acids is 1. The number of carboxylic acids is 1. The highest BCUT2D eigenvalue weighted by molar-refractivity contribution is 5.86. The van der Waals surface area contributed by atoms with Crippen molar-refractivity contribution in [2.24, 2.45) is 0 Å². The Kier molecular flexibility index (Phi) is 4.67. The van der Waals surface area contributed by atoms with Crippen LogP contribution in [-0.4, -0.2) is 39.3 Å². The van der Waals surface area contributed by atoms with Crippen LogP contribution in [-0.2, 0) is 16.0 Å². The Balaban J connectivity index is 2.72. The Morgan fingerprint density at radius 1 is 1.28 bits per heavy atom. The first-order chi connectivity index (χ1) is 8.40. The zero-order valence-electron chi connectivity index (χ0n) is 9.83. The van der Waals surface area contributed by atoms with Crippen LogP contribution < -0.4 is 5.32 Å². The van der Waals surface area contributed by atoms with Crippen molar-refractivity contribution in [3.8, 4) is 5.75 Å². The molecule has 6 nitrogen and oxygen atoms in total. The molecule has 1 aromatic carbocycles. The summed E-state index contributed by atoms with van der Waals surface area (Å²) in [6.07, 6.45) is -1.18. The van der Waals surface area contributed by atoms with Crippen LogP contribution in [0.15, 0.2) is 24.3 Å². The van der Waals surface area contributed by atoms with Crippen LogP contribution in [0.1, 0.15) is 12.5 Å². The third-order valence-electron chi connectivity index (χ3n) is 2.37. The molecule has 0 spiro atoms. The second-order valence-corrected chi connectivity index (χ2v) is 3.95. The van der Waals surface area contributed by atoms with Crippen LogP contribution in [0.5, 0.6) is 5.75 Å². The number of carbonyl (C=O) groups excluding carboxylic acids is 1. The maximum absolute atomic E-state index is 11.2. The molecule has 18 heavy (non-hydrogen) atoms. The van der Waals surface area contributed by atoms with Gasteiger partial charge in [-0.15, -0.1) is 0 Å².